The minimum absolute atomic E-state index is 0.0598. The predicted molar refractivity (Wildman–Crippen MR) is 69.3 cm³/mol. The Hall–Kier alpha value is -1.51. The summed E-state index contributed by atoms with van der Waals surface area (Å²) >= 11 is 0. The van der Waals surface area contributed by atoms with Gasteiger partial charge in [-0.2, -0.15) is 0 Å². The molecule has 17 heavy (non-hydrogen) atoms. The lowest BCUT2D eigenvalue weighted by Gasteiger charge is -2.10. The van der Waals surface area contributed by atoms with Crippen molar-refractivity contribution in [2.45, 2.75) is 33.1 Å². The van der Waals surface area contributed by atoms with Gasteiger partial charge in [-0.15, -0.1) is 0 Å². The Balaban J connectivity index is 2.36. The Bertz CT molecular complexity index is 361. The lowest BCUT2D eigenvalue weighted by atomic mass is 10.0. The predicted octanol–water partition coefficient (Wildman–Crippen LogP) is 2.72. The van der Waals surface area contributed by atoms with E-state index in [1.54, 1.807) is 0 Å². The van der Waals surface area contributed by atoms with Gasteiger partial charge in [0.1, 0.15) is 12.4 Å². The first-order chi connectivity index (χ1) is 8.13. The van der Waals surface area contributed by atoms with Crippen molar-refractivity contribution < 1.29 is 9.53 Å². The third kappa shape index (κ3) is 4.89. The molecule has 3 heteroatoms. The number of hydrogen-bond acceptors (Lipinski definition) is 2. The van der Waals surface area contributed by atoms with Gasteiger partial charge in [-0.05, 0) is 23.6 Å². The topological polar surface area (TPSA) is 38.3 Å². The van der Waals surface area contributed by atoms with Crippen LogP contribution in [0, 0.1) is 0 Å². The average molecular weight is 235 g/mol. The molecular weight excluding hydrogens is 214 g/mol. The monoisotopic (exact) mass is 235 g/mol. The molecule has 0 saturated heterocycles. The van der Waals surface area contributed by atoms with E-state index in [-0.39, 0.29) is 5.91 Å². The van der Waals surface area contributed by atoms with E-state index in [0.717, 1.165) is 5.75 Å². The molecule has 0 aliphatic carbocycles. The minimum atomic E-state index is 0.0598. The van der Waals surface area contributed by atoms with E-state index in [0.29, 0.717) is 25.5 Å². The lowest BCUT2D eigenvalue weighted by Crippen LogP contribution is -2.27. The summed E-state index contributed by atoms with van der Waals surface area (Å²) in [6, 6.07) is 8.07. The number of ether oxygens (including phenoxy) is 1. The molecule has 0 radical (unpaired) electrons. The summed E-state index contributed by atoms with van der Waals surface area (Å²) in [5.74, 6) is 1.42. The van der Waals surface area contributed by atoms with Crippen LogP contribution < -0.4 is 10.1 Å². The normalized spacial score (nSPS) is 10.4. The zero-order valence-corrected chi connectivity index (χ0v) is 10.8. The highest BCUT2D eigenvalue weighted by Gasteiger charge is 2.01. The molecule has 1 aromatic carbocycles. The number of hydrogen-bond donors (Lipinski definition) is 1. The van der Waals surface area contributed by atoms with Gasteiger partial charge in [-0.1, -0.05) is 32.9 Å². The number of benzene rings is 1. The molecule has 0 aliphatic rings. The molecule has 1 rings (SSSR count). The zero-order valence-electron chi connectivity index (χ0n) is 10.8. The lowest BCUT2D eigenvalue weighted by molar-refractivity contribution is -0.120. The number of carbonyl (C=O) groups is 1. The first-order valence-corrected chi connectivity index (χ1v) is 6.13. The summed E-state index contributed by atoms with van der Waals surface area (Å²) in [4.78, 5) is 11.0. The number of amides is 1. The molecule has 0 heterocycles. The highest BCUT2D eigenvalue weighted by molar-refractivity contribution is 5.75. The highest BCUT2D eigenvalue weighted by Crippen LogP contribution is 2.19. The van der Waals surface area contributed by atoms with Gasteiger partial charge in [0, 0.05) is 6.42 Å². The number of nitrogens with one attached hydrogen (secondary N) is 1. The van der Waals surface area contributed by atoms with E-state index >= 15 is 0 Å². The molecule has 94 valence electrons. The van der Waals surface area contributed by atoms with Gasteiger partial charge in [0.25, 0.3) is 0 Å². The largest absolute Gasteiger partial charge is 0.492 e. The molecule has 0 unspecified atom stereocenters. The first kappa shape index (κ1) is 13.6. The average Bonchev–Trinajstić information content (AvgIpc) is 2.34. The van der Waals surface area contributed by atoms with Crippen molar-refractivity contribution in [2.24, 2.45) is 0 Å². The van der Waals surface area contributed by atoms with E-state index in [1.165, 1.54) is 5.56 Å². The van der Waals surface area contributed by atoms with Crippen LogP contribution in [-0.2, 0) is 4.79 Å². The van der Waals surface area contributed by atoms with Gasteiger partial charge in [-0.3, -0.25) is 4.79 Å². The third-order valence-electron chi connectivity index (χ3n) is 2.54. The van der Waals surface area contributed by atoms with Gasteiger partial charge < -0.3 is 10.1 Å². The maximum Gasteiger partial charge on any atom is 0.219 e. The maximum absolute atomic E-state index is 11.0. The van der Waals surface area contributed by atoms with Crippen molar-refractivity contribution in [1.29, 1.82) is 0 Å². The van der Waals surface area contributed by atoms with Crippen LogP contribution in [0.15, 0.2) is 24.3 Å². The molecule has 0 bridgehead atoms. The zero-order chi connectivity index (χ0) is 12.7. The summed E-state index contributed by atoms with van der Waals surface area (Å²) in [6.45, 7) is 7.20. The molecule has 0 aromatic heterocycles. The van der Waals surface area contributed by atoms with Crippen LogP contribution in [0.1, 0.15) is 38.7 Å². The molecule has 0 aliphatic heterocycles. The Morgan fingerprint density at radius 2 is 2.18 bits per heavy atom. The Morgan fingerprint density at radius 1 is 1.41 bits per heavy atom. The maximum atomic E-state index is 11.0. The molecule has 1 aromatic rings. The van der Waals surface area contributed by atoms with Gasteiger partial charge >= 0.3 is 0 Å². The SMILES string of the molecule is CCC(=O)NCCOc1cccc(C(C)C)c1. The summed E-state index contributed by atoms with van der Waals surface area (Å²) in [5.41, 5.74) is 1.26. The van der Waals surface area contributed by atoms with Gasteiger partial charge in [0.2, 0.25) is 5.91 Å². The molecule has 3 nitrogen and oxygen atoms in total. The van der Waals surface area contributed by atoms with Crippen LogP contribution in [0.3, 0.4) is 0 Å². The Morgan fingerprint density at radius 3 is 2.82 bits per heavy atom. The highest BCUT2D eigenvalue weighted by atomic mass is 16.5. The van der Waals surface area contributed by atoms with E-state index in [1.807, 2.05) is 25.1 Å². The Kier molecular flexibility index (Phi) is 5.53. The van der Waals surface area contributed by atoms with Crippen LogP contribution in [0.2, 0.25) is 0 Å². The fraction of sp³-hybridized carbons (Fsp3) is 0.500. The molecule has 0 spiro atoms. The van der Waals surface area contributed by atoms with Crippen molar-refractivity contribution in [2.75, 3.05) is 13.2 Å². The second kappa shape index (κ2) is 6.94. The van der Waals surface area contributed by atoms with E-state index < -0.39 is 0 Å². The second-order valence-corrected chi connectivity index (χ2v) is 4.28. The van der Waals surface area contributed by atoms with Gasteiger partial charge in [0.15, 0.2) is 0 Å². The third-order valence-corrected chi connectivity index (χ3v) is 2.54. The minimum Gasteiger partial charge on any atom is -0.492 e. The van der Waals surface area contributed by atoms with E-state index in [9.17, 15) is 4.79 Å². The van der Waals surface area contributed by atoms with Crippen molar-refractivity contribution in [3.8, 4) is 5.75 Å². The fourth-order valence-electron chi connectivity index (χ4n) is 1.45. The quantitative estimate of drug-likeness (QED) is 0.770. The molecule has 1 amide bonds. The molecular formula is C14H21NO2. The van der Waals surface area contributed by atoms with Crippen LogP contribution in [0.5, 0.6) is 5.75 Å². The molecule has 1 N–H and O–H groups in total. The van der Waals surface area contributed by atoms with Crippen molar-refractivity contribution in [1.82, 2.24) is 5.32 Å². The number of carbonyl (C=O) groups excluding carboxylic acids is 1. The van der Waals surface area contributed by atoms with Crippen LogP contribution in [0.4, 0.5) is 0 Å². The van der Waals surface area contributed by atoms with Gasteiger partial charge in [-0.25, -0.2) is 0 Å². The molecule has 0 fully saturated rings. The number of rotatable bonds is 6. The fourth-order valence-corrected chi connectivity index (χ4v) is 1.45. The van der Waals surface area contributed by atoms with Crippen molar-refractivity contribution >= 4 is 5.91 Å². The van der Waals surface area contributed by atoms with E-state index in [2.05, 4.69) is 25.2 Å². The van der Waals surface area contributed by atoms with Crippen LogP contribution in [0.25, 0.3) is 0 Å². The van der Waals surface area contributed by atoms with Gasteiger partial charge in [0.05, 0.1) is 6.54 Å². The smallest absolute Gasteiger partial charge is 0.219 e. The van der Waals surface area contributed by atoms with Crippen LogP contribution >= 0.6 is 0 Å². The van der Waals surface area contributed by atoms with Crippen molar-refractivity contribution in [3.05, 3.63) is 29.8 Å². The molecule has 0 saturated carbocycles. The summed E-state index contributed by atoms with van der Waals surface area (Å²) in [6.07, 6.45) is 0.517. The second-order valence-electron chi connectivity index (χ2n) is 4.28. The summed E-state index contributed by atoms with van der Waals surface area (Å²) < 4.78 is 5.58. The van der Waals surface area contributed by atoms with Crippen molar-refractivity contribution in [3.63, 3.8) is 0 Å². The van der Waals surface area contributed by atoms with E-state index in [4.69, 9.17) is 4.74 Å². The molecule has 0 atom stereocenters. The Labute approximate surface area is 103 Å². The van der Waals surface area contributed by atoms with Crippen LogP contribution in [-0.4, -0.2) is 19.1 Å². The standard InChI is InChI=1S/C14H21NO2/c1-4-14(16)15-8-9-17-13-7-5-6-12(10-13)11(2)3/h5-7,10-11H,4,8-9H2,1-3H3,(H,15,16). The summed E-state index contributed by atoms with van der Waals surface area (Å²) in [7, 11) is 0. The first-order valence-electron chi connectivity index (χ1n) is 6.13. The summed E-state index contributed by atoms with van der Waals surface area (Å²) in [5, 5.41) is 2.78.